The first-order valence-corrected chi connectivity index (χ1v) is 13.0. The van der Waals surface area contributed by atoms with Gasteiger partial charge in [-0.2, -0.15) is 0 Å². The minimum Gasteiger partial charge on any atom is -0.367 e. The highest BCUT2D eigenvalue weighted by Crippen LogP contribution is 2.43. The molecule has 0 saturated heterocycles. The van der Waals surface area contributed by atoms with Crippen molar-refractivity contribution >= 4 is 38.0 Å². The Morgan fingerprint density at radius 2 is 1.31 bits per heavy atom. The van der Waals surface area contributed by atoms with E-state index in [0.717, 1.165) is 6.42 Å². The highest BCUT2D eigenvalue weighted by Gasteiger charge is 2.26. The van der Waals surface area contributed by atoms with Crippen LogP contribution < -0.4 is 4.90 Å². The molecule has 7 rings (SSSR count). The van der Waals surface area contributed by atoms with E-state index in [1.54, 1.807) is 0 Å². The van der Waals surface area contributed by atoms with E-state index >= 15 is 0 Å². The first kappa shape index (κ1) is 21.2. The number of anilines is 1. The Balaban J connectivity index is 1.36. The second-order valence-electron chi connectivity index (χ2n) is 10.1. The van der Waals surface area contributed by atoms with Gasteiger partial charge in [0.1, 0.15) is 0 Å². The number of hydrogen-bond donors (Lipinski definition) is 0. The maximum atomic E-state index is 2.53. The van der Waals surface area contributed by atoms with Crippen molar-refractivity contribution in [1.29, 1.82) is 0 Å². The van der Waals surface area contributed by atoms with Gasteiger partial charge in [0.25, 0.3) is 0 Å². The summed E-state index contributed by atoms with van der Waals surface area (Å²) in [4.78, 5) is 2.53. The molecule has 0 amide bonds. The van der Waals surface area contributed by atoms with Gasteiger partial charge in [-0.1, -0.05) is 109 Å². The van der Waals surface area contributed by atoms with Crippen LogP contribution in [-0.2, 0) is 6.42 Å². The zero-order chi connectivity index (χ0) is 24.1. The SMILES string of the molecule is CN(c1ccc(-c2ccccc2)c2ccccc12)C1CCCc2c1ccc1c2ccc2ccccc21. The molecule has 0 radical (unpaired) electrons. The van der Waals surface area contributed by atoms with Gasteiger partial charge in [-0.15, -0.1) is 0 Å². The van der Waals surface area contributed by atoms with Gasteiger partial charge in [0.05, 0.1) is 6.04 Å². The summed E-state index contributed by atoms with van der Waals surface area (Å²) in [6, 6.07) is 42.8. The van der Waals surface area contributed by atoms with Gasteiger partial charge in [-0.25, -0.2) is 0 Å². The average molecular weight is 464 g/mol. The van der Waals surface area contributed by atoms with Crippen LogP contribution in [0.4, 0.5) is 5.69 Å². The van der Waals surface area contributed by atoms with Crippen LogP contribution in [0.1, 0.15) is 30.0 Å². The average Bonchev–Trinajstić information content (AvgIpc) is 2.96. The van der Waals surface area contributed by atoms with Crippen molar-refractivity contribution in [3.63, 3.8) is 0 Å². The van der Waals surface area contributed by atoms with E-state index in [-0.39, 0.29) is 0 Å². The monoisotopic (exact) mass is 463 g/mol. The second-order valence-corrected chi connectivity index (χ2v) is 10.1. The molecule has 1 atom stereocenters. The molecule has 0 N–H and O–H groups in total. The molecule has 0 heterocycles. The number of benzene rings is 6. The zero-order valence-corrected chi connectivity index (χ0v) is 20.6. The van der Waals surface area contributed by atoms with Crippen LogP contribution in [-0.4, -0.2) is 7.05 Å². The zero-order valence-electron chi connectivity index (χ0n) is 20.6. The summed E-state index contributed by atoms with van der Waals surface area (Å²) in [5.41, 5.74) is 6.89. The van der Waals surface area contributed by atoms with Crippen molar-refractivity contribution in [2.45, 2.75) is 25.3 Å². The molecular weight excluding hydrogens is 434 g/mol. The van der Waals surface area contributed by atoms with Gasteiger partial charge in [-0.3, -0.25) is 0 Å². The predicted octanol–water partition coefficient (Wildman–Crippen LogP) is 9.33. The molecule has 6 aromatic carbocycles. The van der Waals surface area contributed by atoms with Crippen LogP contribution in [0.25, 0.3) is 43.4 Å². The van der Waals surface area contributed by atoms with E-state index in [1.165, 1.54) is 73.1 Å². The van der Waals surface area contributed by atoms with Crippen LogP contribution >= 0.6 is 0 Å². The Morgan fingerprint density at radius 1 is 0.583 bits per heavy atom. The van der Waals surface area contributed by atoms with Gasteiger partial charge in [0.2, 0.25) is 0 Å². The number of nitrogens with zero attached hydrogens (tertiary/aromatic N) is 1. The van der Waals surface area contributed by atoms with Crippen molar-refractivity contribution in [2.24, 2.45) is 0 Å². The lowest BCUT2D eigenvalue weighted by molar-refractivity contribution is 0.548. The fourth-order valence-electron chi connectivity index (χ4n) is 6.42. The van der Waals surface area contributed by atoms with Gasteiger partial charge in [0.15, 0.2) is 0 Å². The van der Waals surface area contributed by atoms with Crippen LogP contribution in [0.2, 0.25) is 0 Å². The van der Waals surface area contributed by atoms with Gasteiger partial charge >= 0.3 is 0 Å². The van der Waals surface area contributed by atoms with Crippen LogP contribution in [0.5, 0.6) is 0 Å². The largest absolute Gasteiger partial charge is 0.367 e. The van der Waals surface area contributed by atoms with Crippen LogP contribution in [0.3, 0.4) is 0 Å². The molecule has 0 bridgehead atoms. The van der Waals surface area contributed by atoms with Gasteiger partial charge in [-0.05, 0) is 74.5 Å². The summed E-state index contributed by atoms with van der Waals surface area (Å²) in [5, 5.41) is 8.12. The van der Waals surface area contributed by atoms with E-state index in [9.17, 15) is 0 Å². The third kappa shape index (κ3) is 3.31. The molecule has 0 aliphatic heterocycles. The van der Waals surface area contributed by atoms with E-state index in [4.69, 9.17) is 0 Å². The summed E-state index contributed by atoms with van der Waals surface area (Å²) < 4.78 is 0. The number of fused-ring (bicyclic) bond motifs is 6. The maximum Gasteiger partial charge on any atom is 0.0542 e. The molecule has 1 nitrogen and oxygen atoms in total. The molecule has 0 aromatic heterocycles. The molecule has 0 fully saturated rings. The number of aryl methyl sites for hydroxylation is 1. The van der Waals surface area contributed by atoms with Gasteiger partial charge < -0.3 is 4.90 Å². The van der Waals surface area contributed by atoms with Crippen molar-refractivity contribution in [2.75, 3.05) is 11.9 Å². The molecule has 1 heteroatoms. The Labute approximate surface area is 212 Å². The Kier molecular flexibility index (Phi) is 5.03. The lowest BCUT2D eigenvalue weighted by atomic mass is 9.82. The van der Waals surface area contributed by atoms with Crippen molar-refractivity contribution in [3.05, 3.63) is 126 Å². The third-order valence-electron chi connectivity index (χ3n) is 8.17. The smallest absolute Gasteiger partial charge is 0.0542 e. The molecule has 0 spiro atoms. The first-order valence-electron chi connectivity index (χ1n) is 13.0. The minimum absolute atomic E-state index is 0.371. The number of hydrogen-bond acceptors (Lipinski definition) is 1. The van der Waals surface area contributed by atoms with E-state index in [1.807, 2.05) is 0 Å². The highest BCUT2D eigenvalue weighted by atomic mass is 15.1. The van der Waals surface area contributed by atoms with E-state index < -0.39 is 0 Å². The highest BCUT2D eigenvalue weighted by molar-refractivity contribution is 6.09. The van der Waals surface area contributed by atoms with Crippen LogP contribution in [0, 0.1) is 0 Å². The topological polar surface area (TPSA) is 3.24 Å². The van der Waals surface area contributed by atoms with Crippen molar-refractivity contribution < 1.29 is 0 Å². The fourth-order valence-corrected chi connectivity index (χ4v) is 6.42. The summed E-state index contributed by atoms with van der Waals surface area (Å²) in [6.07, 6.45) is 3.55. The van der Waals surface area contributed by atoms with E-state index in [2.05, 4.69) is 127 Å². The summed E-state index contributed by atoms with van der Waals surface area (Å²) in [5.74, 6) is 0. The Hall–Kier alpha value is -4.10. The normalized spacial score (nSPS) is 15.3. The molecule has 6 aromatic rings. The van der Waals surface area contributed by atoms with Crippen LogP contribution in [0.15, 0.2) is 115 Å². The lowest BCUT2D eigenvalue weighted by Crippen LogP contribution is -2.28. The fraction of sp³-hybridized carbons (Fsp3) is 0.143. The molecule has 1 aliphatic carbocycles. The van der Waals surface area contributed by atoms with Gasteiger partial charge in [0, 0.05) is 18.1 Å². The van der Waals surface area contributed by atoms with E-state index in [0.29, 0.717) is 6.04 Å². The second kappa shape index (κ2) is 8.53. The molecule has 174 valence electrons. The number of rotatable bonds is 3. The minimum atomic E-state index is 0.371. The lowest BCUT2D eigenvalue weighted by Gasteiger charge is -2.36. The summed E-state index contributed by atoms with van der Waals surface area (Å²) in [6.45, 7) is 0. The Bertz CT molecular complexity index is 1730. The first-order chi connectivity index (χ1) is 17.8. The quantitative estimate of drug-likeness (QED) is 0.236. The Morgan fingerprint density at radius 3 is 2.17 bits per heavy atom. The van der Waals surface area contributed by atoms with Crippen molar-refractivity contribution in [3.8, 4) is 11.1 Å². The molecule has 36 heavy (non-hydrogen) atoms. The summed E-state index contributed by atoms with van der Waals surface area (Å²) >= 11 is 0. The third-order valence-corrected chi connectivity index (χ3v) is 8.17. The molecule has 0 saturated carbocycles. The molecule has 1 aliphatic rings. The standard InChI is InChI=1S/C35H29N/c1-36(35-23-22-27(24-10-3-2-4-11-24)28-14-7-8-15-32(28)35)34-17-9-16-29-31-19-18-25-12-5-6-13-26(25)30(31)20-21-33(29)34/h2-8,10-15,18-23,34H,9,16-17H2,1H3. The molecule has 1 unspecified atom stereocenters. The molecular formula is C35H29N. The van der Waals surface area contributed by atoms with Crippen molar-refractivity contribution in [1.82, 2.24) is 0 Å². The predicted molar refractivity (Wildman–Crippen MR) is 155 cm³/mol. The maximum absolute atomic E-state index is 2.53. The summed E-state index contributed by atoms with van der Waals surface area (Å²) in [7, 11) is 2.29.